The van der Waals surface area contributed by atoms with Crippen LogP contribution >= 0.6 is 0 Å². The molecule has 0 heterocycles. The van der Waals surface area contributed by atoms with Gasteiger partial charge in [-0.15, -0.1) is 0 Å². The monoisotopic (exact) mass is 866 g/mol. The van der Waals surface area contributed by atoms with Crippen LogP contribution < -0.4 is 20.2 Å². The summed E-state index contributed by atoms with van der Waals surface area (Å²) in [5.41, 5.74) is 13.2. The third-order valence-electron chi connectivity index (χ3n) is 14.1. The van der Waals surface area contributed by atoms with Gasteiger partial charge in [0.2, 0.25) is 0 Å². The van der Waals surface area contributed by atoms with E-state index in [1.54, 1.807) is 0 Å². The predicted molar refractivity (Wildman–Crippen MR) is 289 cm³/mol. The van der Waals surface area contributed by atoms with Gasteiger partial charge in [-0.1, -0.05) is 182 Å². The van der Waals surface area contributed by atoms with Crippen molar-refractivity contribution < 1.29 is 0 Å². The Morgan fingerprint density at radius 1 is 0.324 bits per heavy atom. The molecule has 2 aliphatic rings. The minimum absolute atomic E-state index is 0.262. The van der Waals surface area contributed by atoms with Crippen LogP contribution in [0.15, 0.2) is 261 Å². The van der Waals surface area contributed by atoms with Gasteiger partial charge in [0.05, 0.1) is 0 Å². The first-order valence-corrected chi connectivity index (χ1v) is 23.7. The molecule has 1 unspecified atom stereocenters. The highest BCUT2D eigenvalue weighted by atomic mass is 15.1. The maximum absolute atomic E-state index is 2.48. The van der Waals surface area contributed by atoms with Gasteiger partial charge in [-0.25, -0.2) is 0 Å². The Hall–Kier alpha value is -8.72. The second-order valence-electron chi connectivity index (χ2n) is 17.9. The van der Waals surface area contributed by atoms with Crippen LogP contribution in [0.5, 0.6) is 0 Å². The summed E-state index contributed by atoms with van der Waals surface area (Å²) in [7, 11) is 0. The number of rotatable bonds is 8. The Bertz CT molecular complexity index is 3850. The highest BCUT2D eigenvalue weighted by molar-refractivity contribution is 6.25. The second-order valence-corrected chi connectivity index (χ2v) is 17.9. The third kappa shape index (κ3) is 6.64. The van der Waals surface area contributed by atoms with Gasteiger partial charge in [-0.3, -0.25) is 0 Å². The van der Waals surface area contributed by atoms with Crippen molar-refractivity contribution in [1.82, 2.24) is 0 Å². The summed E-state index contributed by atoms with van der Waals surface area (Å²) >= 11 is 0. The lowest BCUT2D eigenvalue weighted by Gasteiger charge is -2.30. The van der Waals surface area contributed by atoms with Crippen molar-refractivity contribution >= 4 is 88.4 Å². The van der Waals surface area contributed by atoms with Crippen molar-refractivity contribution in [2.75, 3.05) is 9.80 Å². The van der Waals surface area contributed by atoms with Crippen molar-refractivity contribution in [3.8, 4) is 11.1 Å². The summed E-state index contributed by atoms with van der Waals surface area (Å²) in [5.74, 6) is 0.262. The minimum atomic E-state index is 0.262. The van der Waals surface area contributed by atoms with E-state index in [9.17, 15) is 0 Å². The molecule has 2 aliphatic carbocycles. The molecule has 0 fully saturated rings. The first kappa shape index (κ1) is 39.6. The Morgan fingerprint density at radius 2 is 0.794 bits per heavy atom. The summed E-state index contributed by atoms with van der Waals surface area (Å²) < 4.78 is 0. The van der Waals surface area contributed by atoms with Crippen molar-refractivity contribution in [2.45, 2.75) is 6.42 Å². The summed E-state index contributed by atoms with van der Waals surface area (Å²) in [6, 6.07) is 87.0. The zero-order valence-corrected chi connectivity index (χ0v) is 37.5. The van der Waals surface area contributed by atoms with E-state index in [1.807, 2.05) is 0 Å². The molecule has 11 aromatic carbocycles. The van der Waals surface area contributed by atoms with Crippen molar-refractivity contribution in [2.24, 2.45) is 5.92 Å². The zero-order valence-electron chi connectivity index (χ0n) is 37.5. The molecule has 0 amide bonds. The maximum Gasteiger partial charge on any atom is 0.0468 e. The maximum atomic E-state index is 2.48. The van der Waals surface area contributed by atoms with Gasteiger partial charge >= 0.3 is 0 Å². The first-order chi connectivity index (χ1) is 33.8. The van der Waals surface area contributed by atoms with E-state index in [2.05, 4.69) is 271 Å². The van der Waals surface area contributed by atoms with E-state index in [1.165, 1.54) is 81.4 Å². The lowest BCUT2D eigenvalue weighted by molar-refractivity contribution is 0.846. The summed E-state index contributed by atoms with van der Waals surface area (Å²) in [6.07, 6.45) is 10.0. The van der Waals surface area contributed by atoms with E-state index in [4.69, 9.17) is 0 Å². The fraction of sp³-hybridized carbons (Fsp3) is 0.0303. The highest BCUT2D eigenvalue weighted by Gasteiger charge is 2.27. The standard InChI is InChI=1S/C66H46N2/c1-5-23-47(24-6-1)67(48-25-7-2-8-26-48)51-37-39-59-63(43-51)65(61-41-45-21-13-15-31-53(45)55-33-17-19-35-57(55)61)60-40-38-52(68(49-27-9-3-10-28-49)50-29-11-4-12-30-50)44-64(60)66(59)62-42-46-22-14-16-32-54(46)56-34-18-20-36-58(56)62/h1-41,43-44,46H,42H2. The Kier molecular flexibility index (Phi) is 9.68. The molecule has 0 spiro atoms. The number of anilines is 6. The van der Waals surface area contributed by atoms with Crippen LogP contribution in [0.2, 0.25) is 0 Å². The molecule has 68 heavy (non-hydrogen) atoms. The summed E-state index contributed by atoms with van der Waals surface area (Å²) in [6.45, 7) is 0. The number of allylic oxidation sites excluding steroid dienone is 4. The van der Waals surface area contributed by atoms with E-state index in [-0.39, 0.29) is 5.92 Å². The number of hydrogen-bond acceptors (Lipinski definition) is 2. The van der Waals surface area contributed by atoms with E-state index in [0.717, 1.165) is 40.5 Å². The molecule has 0 saturated heterocycles. The third-order valence-corrected chi connectivity index (χ3v) is 14.1. The molecule has 2 heteroatoms. The molecule has 13 rings (SSSR count). The smallest absolute Gasteiger partial charge is 0.0468 e. The van der Waals surface area contributed by atoms with Gasteiger partial charge in [0.15, 0.2) is 0 Å². The lowest BCUT2D eigenvalue weighted by Crippen LogP contribution is -2.35. The van der Waals surface area contributed by atoms with Gasteiger partial charge in [0.25, 0.3) is 0 Å². The number of hydrogen-bond donors (Lipinski definition) is 0. The average Bonchev–Trinajstić information content (AvgIpc) is 3.41. The first-order valence-electron chi connectivity index (χ1n) is 23.7. The molecule has 0 saturated carbocycles. The fourth-order valence-corrected chi connectivity index (χ4v) is 11.2. The highest BCUT2D eigenvalue weighted by Crippen LogP contribution is 2.50. The summed E-state index contributed by atoms with van der Waals surface area (Å²) in [5, 5.41) is 12.5. The normalized spacial score (nSPS) is 14.1. The van der Waals surface area contributed by atoms with Crippen LogP contribution in [-0.2, 0) is 0 Å². The van der Waals surface area contributed by atoms with E-state index >= 15 is 0 Å². The average molecular weight is 867 g/mol. The predicted octanol–water partition coefficient (Wildman–Crippen LogP) is 16.4. The molecule has 11 aromatic rings. The van der Waals surface area contributed by atoms with Gasteiger partial charge < -0.3 is 9.80 Å². The lowest BCUT2D eigenvalue weighted by atomic mass is 9.76. The van der Waals surface area contributed by atoms with Crippen LogP contribution in [-0.4, -0.2) is 0 Å². The van der Waals surface area contributed by atoms with Crippen LogP contribution in [0.3, 0.4) is 0 Å². The molecule has 0 aromatic heterocycles. The zero-order chi connectivity index (χ0) is 45.0. The molecule has 0 bridgehead atoms. The number of benzene rings is 11. The molecule has 0 N–H and O–H groups in total. The van der Waals surface area contributed by atoms with Crippen molar-refractivity contribution in [3.05, 3.63) is 277 Å². The SMILES string of the molecule is C1=CC2=c3ccccc3=C(c3c4cc(N(c5ccccc5)c5ccccc5)ccc4c(-c4cc5ccccc5c5ccccc45)c4cc(N(c5ccccc5)c5ccccc5)ccc34)CC2C=C1. The quantitative estimate of drug-likeness (QED) is 0.111. The molecular formula is C66H46N2. The molecule has 0 radical (unpaired) electrons. The molecule has 320 valence electrons. The Morgan fingerprint density at radius 3 is 1.38 bits per heavy atom. The molecule has 2 nitrogen and oxygen atoms in total. The largest absolute Gasteiger partial charge is 0.310 e. The topological polar surface area (TPSA) is 6.48 Å². The fourth-order valence-electron chi connectivity index (χ4n) is 11.2. The van der Waals surface area contributed by atoms with Gasteiger partial charge in [-0.2, -0.15) is 0 Å². The van der Waals surface area contributed by atoms with Gasteiger partial charge in [-0.05, 0) is 167 Å². The number of nitrogens with zero attached hydrogens (tertiary/aromatic N) is 2. The number of para-hydroxylation sites is 4. The molecule has 1 atom stereocenters. The van der Waals surface area contributed by atoms with Crippen LogP contribution in [0.4, 0.5) is 34.1 Å². The number of fused-ring (bicyclic) bond motifs is 7. The molecule has 0 aliphatic heterocycles. The van der Waals surface area contributed by atoms with Crippen molar-refractivity contribution in [3.63, 3.8) is 0 Å². The Balaban J connectivity index is 1.22. The Labute approximate surface area is 396 Å². The van der Waals surface area contributed by atoms with Crippen molar-refractivity contribution in [1.29, 1.82) is 0 Å². The minimum Gasteiger partial charge on any atom is -0.310 e. The van der Waals surface area contributed by atoms with E-state index in [0.29, 0.717) is 0 Å². The molecular weight excluding hydrogens is 821 g/mol. The van der Waals surface area contributed by atoms with Gasteiger partial charge in [0.1, 0.15) is 0 Å². The van der Waals surface area contributed by atoms with E-state index < -0.39 is 0 Å². The second kappa shape index (κ2) is 16.6. The van der Waals surface area contributed by atoms with Crippen LogP contribution in [0, 0.1) is 5.92 Å². The summed E-state index contributed by atoms with van der Waals surface area (Å²) in [4.78, 5) is 4.80. The van der Waals surface area contributed by atoms with Gasteiger partial charge in [0, 0.05) is 40.0 Å². The van der Waals surface area contributed by atoms with Crippen LogP contribution in [0.1, 0.15) is 12.0 Å². The van der Waals surface area contributed by atoms with Crippen LogP contribution in [0.25, 0.3) is 65.4 Å².